The van der Waals surface area contributed by atoms with Crippen LogP contribution in [-0.2, 0) is 9.24 Å². The highest BCUT2D eigenvalue weighted by Gasteiger charge is 1.98. The van der Waals surface area contributed by atoms with Gasteiger partial charge >= 0.3 is 0 Å². The smallest absolute Gasteiger partial charge is 0.198 e. The third-order valence-electron chi connectivity index (χ3n) is 0.463. The van der Waals surface area contributed by atoms with Crippen molar-refractivity contribution in [3.05, 3.63) is 11.6 Å². The molecular formula is C3H5Cl2NO2S. The van der Waals surface area contributed by atoms with Crippen LogP contribution in [0.4, 0.5) is 0 Å². The molecule has 0 unspecified atom stereocenters. The minimum Gasteiger partial charge on any atom is -0.198 e. The monoisotopic (exact) mass is 189 g/mol. The molecule has 0 spiro atoms. The van der Waals surface area contributed by atoms with Crippen molar-refractivity contribution in [2.45, 2.75) is 0 Å². The Labute approximate surface area is 63.2 Å². The predicted molar refractivity (Wildman–Crippen MR) is 37.8 cm³/mol. The summed E-state index contributed by atoms with van der Waals surface area (Å²) in [5.41, 5.74) is 1.20. The molecule has 6 heteroatoms. The van der Waals surface area contributed by atoms with Gasteiger partial charge in [0.1, 0.15) is 0 Å². The molecule has 0 fully saturated rings. The zero-order valence-corrected chi connectivity index (χ0v) is 6.67. The highest BCUT2D eigenvalue weighted by molar-refractivity contribution is 8.12. The van der Waals surface area contributed by atoms with Gasteiger partial charge in [-0.05, 0) is 0 Å². The molecule has 0 aromatic rings. The fourth-order valence-corrected chi connectivity index (χ4v) is 0.766. The van der Waals surface area contributed by atoms with E-state index in [-0.39, 0.29) is 6.54 Å². The maximum absolute atomic E-state index is 10.1. The van der Waals surface area contributed by atoms with Crippen molar-refractivity contribution >= 4 is 31.5 Å². The van der Waals surface area contributed by atoms with Crippen LogP contribution in [0.1, 0.15) is 0 Å². The fourth-order valence-electron chi connectivity index (χ4n) is 0.192. The average Bonchev–Trinajstić information content (AvgIpc) is 1.63. The fraction of sp³-hybridized carbons (Fsp3) is 0.333. The molecule has 0 rings (SSSR count). The maximum atomic E-state index is 10.1. The van der Waals surface area contributed by atoms with Crippen molar-refractivity contribution < 1.29 is 8.42 Å². The van der Waals surface area contributed by atoms with Gasteiger partial charge in [0.05, 0.1) is 0 Å². The molecule has 0 saturated carbocycles. The van der Waals surface area contributed by atoms with Crippen LogP contribution < -0.4 is 4.72 Å². The first-order valence-corrected chi connectivity index (χ1v) is 4.75. The van der Waals surface area contributed by atoms with E-state index in [0.717, 1.165) is 0 Å². The second kappa shape index (κ2) is 4.11. The lowest BCUT2D eigenvalue weighted by atomic mass is 10.7. The van der Waals surface area contributed by atoms with E-state index in [4.69, 9.17) is 22.3 Å². The van der Waals surface area contributed by atoms with E-state index >= 15 is 0 Å². The Kier molecular flexibility index (Phi) is 4.22. The first-order chi connectivity index (χ1) is 4.06. The Balaban J connectivity index is 3.53. The molecule has 0 aromatic carbocycles. The lowest BCUT2D eigenvalue weighted by Crippen LogP contribution is -2.17. The summed E-state index contributed by atoms with van der Waals surface area (Å²) < 4.78 is 22.2. The molecule has 0 heterocycles. The van der Waals surface area contributed by atoms with Gasteiger partial charge in [-0.1, -0.05) is 17.7 Å². The van der Waals surface area contributed by atoms with E-state index in [1.807, 2.05) is 4.72 Å². The van der Waals surface area contributed by atoms with Crippen LogP contribution in [0.3, 0.4) is 0 Å². The second-order valence-electron chi connectivity index (χ2n) is 1.15. The highest BCUT2D eigenvalue weighted by atomic mass is 35.7. The summed E-state index contributed by atoms with van der Waals surface area (Å²) in [6.45, 7) is 0.120. The molecule has 3 nitrogen and oxygen atoms in total. The Morgan fingerprint density at radius 3 is 2.44 bits per heavy atom. The summed E-state index contributed by atoms with van der Waals surface area (Å²) in [4.78, 5) is 0. The zero-order chi connectivity index (χ0) is 7.33. The van der Waals surface area contributed by atoms with Crippen molar-refractivity contribution in [1.82, 2.24) is 4.72 Å². The number of nitrogens with one attached hydrogen (secondary N) is 1. The van der Waals surface area contributed by atoms with Gasteiger partial charge in [-0.15, -0.1) is 0 Å². The van der Waals surface area contributed by atoms with Crippen LogP contribution in [0.15, 0.2) is 11.6 Å². The molecule has 0 aromatic heterocycles. The summed E-state index contributed by atoms with van der Waals surface area (Å²) in [5, 5.41) is 0. The quantitative estimate of drug-likeness (QED) is 0.669. The molecule has 0 radical (unpaired) electrons. The molecule has 0 saturated heterocycles. The van der Waals surface area contributed by atoms with E-state index < -0.39 is 9.24 Å². The Morgan fingerprint density at radius 1 is 1.56 bits per heavy atom. The normalized spacial score (nSPS) is 12.7. The minimum atomic E-state index is -3.58. The first kappa shape index (κ1) is 9.23. The van der Waals surface area contributed by atoms with E-state index in [1.165, 1.54) is 11.6 Å². The second-order valence-corrected chi connectivity index (χ2v) is 3.78. The van der Waals surface area contributed by atoms with Gasteiger partial charge in [-0.25, -0.2) is 0 Å². The maximum Gasteiger partial charge on any atom is 0.297 e. The van der Waals surface area contributed by atoms with Crippen LogP contribution in [-0.4, -0.2) is 15.0 Å². The summed E-state index contributed by atoms with van der Waals surface area (Å²) in [7, 11) is 1.17. The van der Waals surface area contributed by atoms with Crippen LogP contribution in [0.5, 0.6) is 0 Å². The summed E-state index contributed by atoms with van der Waals surface area (Å²) in [6, 6.07) is 0. The molecule has 54 valence electrons. The molecule has 0 aliphatic carbocycles. The molecule has 0 bridgehead atoms. The van der Waals surface area contributed by atoms with Gasteiger partial charge in [-0.3, -0.25) is 0 Å². The van der Waals surface area contributed by atoms with Crippen molar-refractivity contribution in [3.63, 3.8) is 0 Å². The minimum absolute atomic E-state index is 0.120. The number of rotatable bonds is 3. The summed E-state index contributed by atoms with van der Waals surface area (Å²) >= 11 is 5.07. The van der Waals surface area contributed by atoms with Crippen LogP contribution >= 0.6 is 22.3 Å². The lowest BCUT2D eigenvalue weighted by Gasteiger charge is -1.90. The largest absolute Gasteiger partial charge is 0.297 e. The molecule has 9 heavy (non-hydrogen) atoms. The standard InChI is InChI=1S/C3H5Cl2NO2S/c4-2-1-3-6-9(5,7)8/h1-2,6H,3H2. The van der Waals surface area contributed by atoms with Gasteiger partial charge in [0.2, 0.25) is 0 Å². The lowest BCUT2D eigenvalue weighted by molar-refractivity contribution is 0.600. The SMILES string of the molecule is O=S(=O)(Cl)NCC=CCl. The Hall–Kier alpha value is 0.230. The molecular weight excluding hydrogens is 185 g/mol. The van der Waals surface area contributed by atoms with Crippen LogP contribution in [0.2, 0.25) is 0 Å². The molecule has 0 amide bonds. The number of halogens is 2. The summed E-state index contributed by atoms with van der Waals surface area (Å²) in [5.74, 6) is 0. The van der Waals surface area contributed by atoms with E-state index in [1.54, 1.807) is 0 Å². The Bertz CT molecular complexity index is 186. The predicted octanol–water partition coefficient (Wildman–Crippen LogP) is 0.812. The van der Waals surface area contributed by atoms with Crippen LogP contribution in [0, 0.1) is 0 Å². The molecule has 1 N–H and O–H groups in total. The summed E-state index contributed by atoms with van der Waals surface area (Å²) in [6.07, 6.45) is 1.42. The molecule has 0 aliphatic heterocycles. The zero-order valence-electron chi connectivity index (χ0n) is 4.34. The van der Waals surface area contributed by atoms with E-state index in [2.05, 4.69) is 0 Å². The highest BCUT2D eigenvalue weighted by Crippen LogP contribution is 1.88. The van der Waals surface area contributed by atoms with Gasteiger partial charge in [0, 0.05) is 22.8 Å². The topological polar surface area (TPSA) is 46.2 Å². The van der Waals surface area contributed by atoms with E-state index in [0.29, 0.717) is 0 Å². The third kappa shape index (κ3) is 8.23. The number of hydrogen-bond donors (Lipinski definition) is 1. The van der Waals surface area contributed by atoms with Gasteiger partial charge in [-0.2, -0.15) is 13.1 Å². The van der Waals surface area contributed by atoms with Crippen molar-refractivity contribution in [2.75, 3.05) is 6.54 Å². The Morgan fingerprint density at radius 2 is 2.11 bits per heavy atom. The van der Waals surface area contributed by atoms with Crippen molar-refractivity contribution in [1.29, 1.82) is 0 Å². The van der Waals surface area contributed by atoms with Gasteiger partial charge in [0.15, 0.2) is 0 Å². The molecule has 0 aliphatic rings. The van der Waals surface area contributed by atoms with Gasteiger partial charge in [0.25, 0.3) is 9.24 Å². The van der Waals surface area contributed by atoms with Crippen molar-refractivity contribution in [3.8, 4) is 0 Å². The van der Waals surface area contributed by atoms with Crippen molar-refractivity contribution in [2.24, 2.45) is 0 Å². The molecule has 0 atom stereocenters. The number of hydrogen-bond acceptors (Lipinski definition) is 2. The average molecular weight is 190 g/mol. The van der Waals surface area contributed by atoms with Gasteiger partial charge < -0.3 is 0 Å². The van der Waals surface area contributed by atoms with Crippen LogP contribution in [0.25, 0.3) is 0 Å². The third-order valence-corrected chi connectivity index (χ3v) is 1.48. The van der Waals surface area contributed by atoms with E-state index in [9.17, 15) is 8.42 Å². The first-order valence-electron chi connectivity index (χ1n) is 2.01.